The van der Waals surface area contributed by atoms with Gasteiger partial charge in [-0.05, 0) is 42.9 Å². The van der Waals surface area contributed by atoms with Gasteiger partial charge in [0.15, 0.2) is 6.61 Å². The molecule has 1 fully saturated rings. The second-order valence-corrected chi connectivity index (χ2v) is 6.70. The topological polar surface area (TPSA) is 68.5 Å². The first-order chi connectivity index (χ1) is 12.2. The van der Waals surface area contributed by atoms with E-state index in [1.54, 1.807) is 12.1 Å². The summed E-state index contributed by atoms with van der Waals surface area (Å²) in [5.74, 6) is 1.01. The predicted molar refractivity (Wildman–Crippen MR) is 96.9 cm³/mol. The van der Waals surface area contributed by atoms with E-state index in [0.29, 0.717) is 17.3 Å². The van der Waals surface area contributed by atoms with Gasteiger partial charge < -0.3 is 14.5 Å². The molecule has 1 aliphatic rings. The number of nitrogens with one attached hydrogen (secondary N) is 1. The summed E-state index contributed by atoms with van der Waals surface area (Å²) in [4.78, 5) is 23.6. The van der Waals surface area contributed by atoms with Crippen LogP contribution in [0.15, 0.2) is 33.5 Å². The molecule has 1 N–H and O–H groups in total. The summed E-state index contributed by atoms with van der Waals surface area (Å²) in [5, 5.41) is 3.85. The van der Waals surface area contributed by atoms with Gasteiger partial charge in [0.2, 0.25) is 0 Å². The lowest BCUT2D eigenvalue weighted by Crippen LogP contribution is -2.33. The Labute approximate surface area is 147 Å². The summed E-state index contributed by atoms with van der Waals surface area (Å²) in [6, 6.07) is 6.86. The Bertz CT molecular complexity index is 790. The van der Waals surface area contributed by atoms with Gasteiger partial charge in [-0.25, -0.2) is 4.79 Å². The molecule has 25 heavy (non-hydrogen) atoms. The van der Waals surface area contributed by atoms with Crippen LogP contribution in [0.4, 0.5) is 0 Å². The summed E-state index contributed by atoms with van der Waals surface area (Å²) in [5.41, 5.74) is 1.07. The van der Waals surface area contributed by atoms with Gasteiger partial charge in [0, 0.05) is 24.1 Å². The van der Waals surface area contributed by atoms with Crippen LogP contribution in [0.1, 0.15) is 44.6 Å². The van der Waals surface area contributed by atoms with Crippen LogP contribution in [0.5, 0.6) is 5.75 Å². The second-order valence-electron chi connectivity index (χ2n) is 6.70. The number of rotatable bonds is 6. The molecule has 1 amide bonds. The molecule has 134 valence electrons. The van der Waals surface area contributed by atoms with Crippen molar-refractivity contribution in [3.05, 3.63) is 40.2 Å². The average Bonchev–Trinajstić information content (AvgIpc) is 2.64. The minimum absolute atomic E-state index is 0.0318. The van der Waals surface area contributed by atoms with Crippen LogP contribution in [-0.4, -0.2) is 19.1 Å². The maximum atomic E-state index is 12.0. The molecule has 0 unspecified atom stereocenters. The lowest BCUT2D eigenvalue weighted by Gasteiger charge is -2.21. The lowest BCUT2D eigenvalue weighted by atomic mass is 9.89. The summed E-state index contributed by atoms with van der Waals surface area (Å²) < 4.78 is 10.8. The van der Waals surface area contributed by atoms with Gasteiger partial charge >= 0.3 is 5.63 Å². The van der Waals surface area contributed by atoms with Crippen molar-refractivity contribution < 1.29 is 13.9 Å². The first-order valence-corrected chi connectivity index (χ1v) is 9.12. The van der Waals surface area contributed by atoms with Crippen molar-refractivity contribution in [1.82, 2.24) is 5.32 Å². The van der Waals surface area contributed by atoms with E-state index in [4.69, 9.17) is 9.15 Å². The van der Waals surface area contributed by atoms with Crippen molar-refractivity contribution in [1.29, 1.82) is 0 Å². The smallest absolute Gasteiger partial charge is 0.336 e. The molecule has 1 heterocycles. The zero-order valence-electron chi connectivity index (χ0n) is 14.7. The van der Waals surface area contributed by atoms with Crippen molar-refractivity contribution in [3.63, 3.8) is 0 Å². The van der Waals surface area contributed by atoms with Gasteiger partial charge in [0.1, 0.15) is 11.3 Å². The molecule has 0 saturated heterocycles. The standard InChI is InChI=1S/C20H25NO4/c1-2-15-10-20(23)25-18-11-16(8-9-17(15)18)24-13-19(22)21-12-14-6-4-3-5-7-14/h8-11,14H,2-7,12-13H2,1H3,(H,21,22). The Balaban J connectivity index is 1.57. The Morgan fingerprint density at radius 2 is 2.04 bits per heavy atom. The molecule has 1 saturated carbocycles. The minimum atomic E-state index is -0.369. The molecule has 5 nitrogen and oxygen atoms in total. The number of benzene rings is 1. The van der Waals surface area contributed by atoms with Crippen LogP contribution in [-0.2, 0) is 11.2 Å². The van der Waals surface area contributed by atoms with Crippen LogP contribution < -0.4 is 15.7 Å². The Morgan fingerprint density at radius 3 is 2.80 bits per heavy atom. The van der Waals surface area contributed by atoms with Gasteiger partial charge in [-0.15, -0.1) is 0 Å². The van der Waals surface area contributed by atoms with Crippen molar-refractivity contribution in [3.8, 4) is 5.75 Å². The summed E-state index contributed by atoms with van der Waals surface area (Å²) in [7, 11) is 0. The molecule has 1 aromatic carbocycles. The Kier molecular flexibility index (Phi) is 5.74. The van der Waals surface area contributed by atoms with Crippen LogP contribution in [0.2, 0.25) is 0 Å². The maximum Gasteiger partial charge on any atom is 0.336 e. The average molecular weight is 343 g/mol. The summed E-state index contributed by atoms with van der Waals surface area (Å²) in [6.07, 6.45) is 6.99. The number of ether oxygens (including phenoxy) is 1. The molecule has 5 heteroatoms. The fraction of sp³-hybridized carbons (Fsp3) is 0.500. The molecule has 0 spiro atoms. The summed E-state index contributed by atoms with van der Waals surface area (Å²) >= 11 is 0. The quantitative estimate of drug-likeness (QED) is 0.816. The Morgan fingerprint density at radius 1 is 1.24 bits per heavy atom. The number of aryl methyl sites for hydroxylation is 1. The fourth-order valence-electron chi connectivity index (χ4n) is 3.44. The lowest BCUT2D eigenvalue weighted by molar-refractivity contribution is -0.123. The number of fused-ring (bicyclic) bond motifs is 1. The molecule has 0 aliphatic heterocycles. The number of amides is 1. The second kappa shape index (κ2) is 8.19. The van der Waals surface area contributed by atoms with Gasteiger partial charge in [0.25, 0.3) is 5.91 Å². The van der Waals surface area contributed by atoms with E-state index >= 15 is 0 Å². The van der Waals surface area contributed by atoms with E-state index in [-0.39, 0.29) is 18.1 Å². The normalized spacial score (nSPS) is 15.2. The molecule has 0 bridgehead atoms. The number of carbonyl (C=O) groups excluding carboxylic acids is 1. The highest BCUT2D eigenvalue weighted by atomic mass is 16.5. The van der Waals surface area contributed by atoms with Gasteiger partial charge in [0.05, 0.1) is 0 Å². The zero-order chi connectivity index (χ0) is 17.6. The molecular weight excluding hydrogens is 318 g/mol. The predicted octanol–water partition coefficient (Wildman–Crippen LogP) is 3.43. The molecule has 1 aliphatic carbocycles. The molecule has 2 aromatic rings. The number of hydrogen-bond donors (Lipinski definition) is 1. The third-order valence-electron chi connectivity index (χ3n) is 4.87. The van der Waals surface area contributed by atoms with Gasteiger partial charge in [-0.1, -0.05) is 26.2 Å². The number of carbonyl (C=O) groups is 1. The van der Waals surface area contributed by atoms with Crippen molar-refractivity contribution >= 4 is 16.9 Å². The van der Waals surface area contributed by atoms with Crippen LogP contribution in [0, 0.1) is 5.92 Å². The highest BCUT2D eigenvalue weighted by molar-refractivity contribution is 5.82. The monoisotopic (exact) mass is 343 g/mol. The van der Waals surface area contributed by atoms with Gasteiger partial charge in [-0.3, -0.25) is 4.79 Å². The van der Waals surface area contributed by atoms with Crippen molar-refractivity contribution in [2.24, 2.45) is 5.92 Å². The van der Waals surface area contributed by atoms with E-state index in [2.05, 4.69) is 5.32 Å². The molecular formula is C20H25NO4. The molecule has 0 radical (unpaired) electrons. The third kappa shape index (κ3) is 4.62. The molecule has 3 rings (SSSR count). The highest BCUT2D eigenvalue weighted by Crippen LogP contribution is 2.24. The van der Waals surface area contributed by atoms with Crippen molar-refractivity contribution in [2.75, 3.05) is 13.2 Å². The SMILES string of the molecule is CCc1cc(=O)oc2cc(OCC(=O)NCC3CCCCC3)ccc12. The van der Waals surface area contributed by atoms with Crippen LogP contribution >= 0.6 is 0 Å². The minimum Gasteiger partial charge on any atom is -0.484 e. The number of hydrogen-bond acceptors (Lipinski definition) is 4. The largest absolute Gasteiger partial charge is 0.484 e. The van der Waals surface area contributed by atoms with Crippen molar-refractivity contribution in [2.45, 2.75) is 45.4 Å². The van der Waals surface area contributed by atoms with E-state index in [1.165, 1.54) is 38.2 Å². The first kappa shape index (κ1) is 17.5. The molecule has 0 atom stereocenters. The molecule has 1 aromatic heterocycles. The van der Waals surface area contributed by atoms with E-state index in [0.717, 1.165) is 23.9 Å². The highest BCUT2D eigenvalue weighted by Gasteiger charge is 2.14. The van der Waals surface area contributed by atoms with Crippen LogP contribution in [0.25, 0.3) is 11.0 Å². The van der Waals surface area contributed by atoms with Gasteiger partial charge in [-0.2, -0.15) is 0 Å². The van der Waals surface area contributed by atoms with E-state index in [9.17, 15) is 9.59 Å². The maximum absolute atomic E-state index is 12.0. The summed E-state index contributed by atoms with van der Waals surface area (Å²) in [6.45, 7) is 2.69. The van der Waals surface area contributed by atoms with E-state index < -0.39 is 0 Å². The van der Waals surface area contributed by atoms with Crippen LogP contribution in [0.3, 0.4) is 0 Å². The van der Waals surface area contributed by atoms with E-state index in [1.807, 2.05) is 13.0 Å². The Hall–Kier alpha value is -2.30. The third-order valence-corrected chi connectivity index (χ3v) is 4.87. The zero-order valence-corrected chi connectivity index (χ0v) is 14.7. The first-order valence-electron chi connectivity index (χ1n) is 9.12. The fourth-order valence-corrected chi connectivity index (χ4v) is 3.44.